The minimum atomic E-state index is -0.0302. The van der Waals surface area contributed by atoms with Gasteiger partial charge >= 0.3 is 0 Å². The fourth-order valence-corrected chi connectivity index (χ4v) is 2.42. The van der Waals surface area contributed by atoms with E-state index in [1.165, 1.54) is 6.92 Å². The standard InChI is InChI=1S/C15H17N5O/c1-10-8-15-17-9-13-11(2)19(7-5-16-12(3)21)6-4-14(13)20(15)18-10/h4,6,8-9H,2,5,7H2,1,3H3,(H,16,21). The number of rotatable bonds is 3. The minimum Gasteiger partial charge on any atom is -0.355 e. The molecule has 3 rings (SSSR count). The summed E-state index contributed by atoms with van der Waals surface area (Å²) in [6.07, 6.45) is 5.78. The van der Waals surface area contributed by atoms with Crippen LogP contribution in [0, 0.1) is 6.92 Å². The van der Waals surface area contributed by atoms with Crippen molar-refractivity contribution in [3.63, 3.8) is 0 Å². The van der Waals surface area contributed by atoms with Gasteiger partial charge in [-0.3, -0.25) is 4.79 Å². The summed E-state index contributed by atoms with van der Waals surface area (Å²) in [5.41, 5.74) is 4.56. The molecule has 0 fully saturated rings. The van der Waals surface area contributed by atoms with E-state index in [1.807, 2.05) is 40.9 Å². The van der Waals surface area contributed by atoms with Crippen LogP contribution < -0.4 is 5.32 Å². The highest BCUT2D eigenvalue weighted by Gasteiger charge is 2.18. The van der Waals surface area contributed by atoms with Crippen molar-refractivity contribution >= 4 is 23.3 Å². The largest absolute Gasteiger partial charge is 0.355 e. The third kappa shape index (κ3) is 2.40. The van der Waals surface area contributed by atoms with E-state index in [-0.39, 0.29) is 5.91 Å². The lowest BCUT2D eigenvalue weighted by molar-refractivity contribution is -0.118. The van der Waals surface area contributed by atoms with Crippen molar-refractivity contribution < 1.29 is 4.79 Å². The summed E-state index contributed by atoms with van der Waals surface area (Å²) in [4.78, 5) is 17.3. The van der Waals surface area contributed by atoms with Crippen LogP contribution in [0.3, 0.4) is 0 Å². The summed E-state index contributed by atoms with van der Waals surface area (Å²) in [6, 6.07) is 1.94. The van der Waals surface area contributed by atoms with Crippen molar-refractivity contribution in [3.05, 3.63) is 42.0 Å². The summed E-state index contributed by atoms with van der Waals surface area (Å²) in [6.45, 7) is 8.83. The molecule has 0 unspecified atom stereocenters. The van der Waals surface area contributed by atoms with Crippen molar-refractivity contribution in [2.45, 2.75) is 13.8 Å². The summed E-state index contributed by atoms with van der Waals surface area (Å²) in [5, 5.41) is 7.24. The molecule has 2 aromatic heterocycles. The topological polar surface area (TPSA) is 62.5 Å². The molecule has 2 aromatic rings. The van der Waals surface area contributed by atoms with Crippen LogP contribution in [0.2, 0.25) is 0 Å². The number of aryl methyl sites for hydroxylation is 1. The zero-order chi connectivity index (χ0) is 15.0. The normalized spacial score (nSPS) is 13.6. The van der Waals surface area contributed by atoms with Gasteiger partial charge in [-0.15, -0.1) is 0 Å². The van der Waals surface area contributed by atoms with Gasteiger partial charge in [0.1, 0.15) is 0 Å². The first kappa shape index (κ1) is 13.4. The molecule has 0 atom stereocenters. The van der Waals surface area contributed by atoms with Crippen molar-refractivity contribution in [1.29, 1.82) is 0 Å². The third-order valence-corrected chi connectivity index (χ3v) is 3.44. The zero-order valence-electron chi connectivity index (χ0n) is 12.1. The third-order valence-electron chi connectivity index (χ3n) is 3.44. The Morgan fingerprint density at radius 3 is 3.05 bits per heavy atom. The van der Waals surface area contributed by atoms with E-state index >= 15 is 0 Å². The molecule has 6 heteroatoms. The number of hydrogen-bond donors (Lipinski definition) is 1. The SMILES string of the molecule is C=C1c2cnc3cc(C)nn3c2C=CN1CCNC(C)=O. The van der Waals surface area contributed by atoms with Gasteiger partial charge in [-0.25, -0.2) is 9.50 Å². The Morgan fingerprint density at radius 2 is 2.29 bits per heavy atom. The molecule has 1 aliphatic rings. The van der Waals surface area contributed by atoms with E-state index in [0.717, 1.165) is 28.3 Å². The van der Waals surface area contributed by atoms with Gasteiger partial charge in [-0.2, -0.15) is 5.10 Å². The number of carbonyl (C=O) groups is 1. The highest BCUT2D eigenvalue weighted by atomic mass is 16.1. The second-order valence-corrected chi connectivity index (χ2v) is 5.05. The van der Waals surface area contributed by atoms with E-state index in [2.05, 4.69) is 22.0 Å². The second-order valence-electron chi connectivity index (χ2n) is 5.05. The maximum absolute atomic E-state index is 10.9. The highest BCUT2D eigenvalue weighted by molar-refractivity contribution is 5.76. The van der Waals surface area contributed by atoms with Crippen molar-refractivity contribution in [3.8, 4) is 0 Å². The van der Waals surface area contributed by atoms with Crippen molar-refractivity contribution in [1.82, 2.24) is 24.8 Å². The monoisotopic (exact) mass is 283 g/mol. The van der Waals surface area contributed by atoms with Crippen LogP contribution >= 0.6 is 0 Å². The molecule has 3 heterocycles. The smallest absolute Gasteiger partial charge is 0.216 e. The molecule has 1 N–H and O–H groups in total. The van der Waals surface area contributed by atoms with Gasteiger partial charge < -0.3 is 10.2 Å². The van der Waals surface area contributed by atoms with Crippen LogP contribution in [-0.4, -0.2) is 38.5 Å². The molecule has 21 heavy (non-hydrogen) atoms. The van der Waals surface area contributed by atoms with Gasteiger partial charge in [0.25, 0.3) is 0 Å². The Balaban J connectivity index is 1.89. The first-order chi connectivity index (χ1) is 10.1. The quantitative estimate of drug-likeness (QED) is 0.925. The molecule has 0 saturated carbocycles. The first-order valence-corrected chi connectivity index (χ1v) is 6.80. The van der Waals surface area contributed by atoms with E-state index in [0.29, 0.717) is 13.1 Å². The molecule has 1 amide bonds. The Hall–Kier alpha value is -2.63. The lowest BCUT2D eigenvalue weighted by Gasteiger charge is -2.27. The van der Waals surface area contributed by atoms with Crippen molar-refractivity contribution in [2.75, 3.05) is 13.1 Å². The number of amides is 1. The Bertz CT molecular complexity index is 759. The Kier molecular flexibility index (Phi) is 3.21. The number of fused-ring (bicyclic) bond motifs is 3. The van der Waals surface area contributed by atoms with Crippen LogP contribution in [0.15, 0.2) is 25.0 Å². The molecule has 0 aliphatic carbocycles. The molecular formula is C15H17N5O. The van der Waals surface area contributed by atoms with Gasteiger partial charge in [-0.05, 0) is 13.0 Å². The van der Waals surface area contributed by atoms with Crippen molar-refractivity contribution in [2.24, 2.45) is 0 Å². The zero-order valence-corrected chi connectivity index (χ0v) is 12.1. The van der Waals surface area contributed by atoms with Crippen LogP contribution in [0.1, 0.15) is 23.9 Å². The fourth-order valence-electron chi connectivity index (χ4n) is 2.42. The van der Waals surface area contributed by atoms with Gasteiger partial charge in [0, 0.05) is 49.7 Å². The summed E-state index contributed by atoms with van der Waals surface area (Å²) < 4.78 is 1.83. The average molecular weight is 283 g/mol. The van der Waals surface area contributed by atoms with Gasteiger partial charge in [0.05, 0.1) is 11.4 Å². The average Bonchev–Trinajstić information content (AvgIpc) is 2.81. The predicted octanol–water partition coefficient (Wildman–Crippen LogP) is 1.43. The Labute approximate surface area is 122 Å². The molecule has 6 nitrogen and oxygen atoms in total. The molecule has 0 spiro atoms. The summed E-state index contributed by atoms with van der Waals surface area (Å²) >= 11 is 0. The van der Waals surface area contributed by atoms with Crippen LogP contribution in [0.4, 0.5) is 0 Å². The fraction of sp³-hybridized carbons (Fsp3) is 0.267. The van der Waals surface area contributed by atoms with Crippen LogP contribution in [0.25, 0.3) is 17.4 Å². The number of nitrogens with one attached hydrogen (secondary N) is 1. The molecule has 0 saturated heterocycles. The number of nitrogens with zero attached hydrogens (tertiary/aromatic N) is 4. The lowest BCUT2D eigenvalue weighted by Crippen LogP contribution is -2.31. The second kappa shape index (κ2) is 5.05. The molecular weight excluding hydrogens is 266 g/mol. The van der Waals surface area contributed by atoms with Gasteiger partial charge in [0.2, 0.25) is 5.91 Å². The van der Waals surface area contributed by atoms with E-state index in [1.54, 1.807) is 0 Å². The maximum Gasteiger partial charge on any atom is 0.216 e. The van der Waals surface area contributed by atoms with Gasteiger partial charge in [-0.1, -0.05) is 6.58 Å². The molecule has 0 radical (unpaired) electrons. The van der Waals surface area contributed by atoms with E-state index in [9.17, 15) is 4.79 Å². The number of carbonyl (C=O) groups excluding carboxylic acids is 1. The first-order valence-electron chi connectivity index (χ1n) is 6.80. The molecule has 0 bridgehead atoms. The highest BCUT2D eigenvalue weighted by Crippen LogP contribution is 2.27. The summed E-state index contributed by atoms with van der Waals surface area (Å²) in [7, 11) is 0. The Morgan fingerprint density at radius 1 is 1.48 bits per heavy atom. The van der Waals surface area contributed by atoms with E-state index in [4.69, 9.17) is 0 Å². The van der Waals surface area contributed by atoms with Crippen LogP contribution in [-0.2, 0) is 4.79 Å². The number of aromatic nitrogens is 3. The molecule has 108 valence electrons. The predicted molar refractivity (Wildman–Crippen MR) is 81.2 cm³/mol. The molecule has 0 aromatic carbocycles. The molecule has 1 aliphatic heterocycles. The van der Waals surface area contributed by atoms with E-state index < -0.39 is 0 Å². The maximum atomic E-state index is 10.9. The van der Waals surface area contributed by atoms with Crippen LogP contribution in [0.5, 0.6) is 0 Å². The minimum absolute atomic E-state index is 0.0302. The number of hydrogen-bond acceptors (Lipinski definition) is 4. The van der Waals surface area contributed by atoms with Gasteiger partial charge in [0.15, 0.2) is 5.65 Å². The summed E-state index contributed by atoms with van der Waals surface area (Å²) in [5.74, 6) is -0.0302. The lowest BCUT2D eigenvalue weighted by atomic mass is 10.1.